The highest BCUT2D eigenvalue weighted by atomic mass is 32.2. The van der Waals surface area contributed by atoms with Crippen molar-refractivity contribution in [1.29, 1.82) is 0 Å². The number of nitrogens with one attached hydrogen (secondary N) is 1. The molecule has 2 heterocycles. The topological polar surface area (TPSA) is 97.8 Å². The summed E-state index contributed by atoms with van der Waals surface area (Å²) in [6.07, 6.45) is 1.64. The van der Waals surface area contributed by atoms with Crippen LogP contribution >= 0.6 is 0 Å². The average molecular weight is 391 g/mol. The van der Waals surface area contributed by atoms with Crippen LogP contribution in [0, 0.1) is 6.92 Å². The first-order chi connectivity index (χ1) is 12.9. The number of hydrogen-bond acceptors (Lipinski definition) is 6. The molecule has 3 rings (SSSR count). The van der Waals surface area contributed by atoms with Crippen molar-refractivity contribution < 1.29 is 22.7 Å². The van der Waals surface area contributed by atoms with Gasteiger partial charge in [-0.3, -0.25) is 4.79 Å². The number of aromatic nitrogens is 1. The van der Waals surface area contributed by atoms with Crippen LogP contribution in [-0.4, -0.2) is 57.0 Å². The summed E-state index contributed by atoms with van der Waals surface area (Å²) in [6, 6.07) is 7.83. The molecule has 0 atom stereocenters. The van der Waals surface area contributed by atoms with E-state index in [0.29, 0.717) is 19.0 Å². The minimum Gasteiger partial charge on any atom is -0.495 e. The number of morpholine rings is 1. The van der Waals surface area contributed by atoms with Gasteiger partial charge < -0.3 is 14.8 Å². The Morgan fingerprint density at radius 2 is 1.96 bits per heavy atom. The van der Waals surface area contributed by atoms with E-state index in [1.54, 1.807) is 12.3 Å². The fraction of sp³-hybridized carbons (Fsp3) is 0.333. The molecule has 1 aliphatic heterocycles. The number of hydrogen-bond donors (Lipinski definition) is 1. The average Bonchev–Trinajstić information content (AvgIpc) is 2.69. The van der Waals surface area contributed by atoms with E-state index < -0.39 is 15.9 Å². The van der Waals surface area contributed by atoms with Gasteiger partial charge in [-0.1, -0.05) is 6.07 Å². The maximum Gasteiger partial charge on any atom is 0.256 e. The number of methoxy groups -OCH3 is 1. The molecule has 1 aromatic carbocycles. The number of ether oxygens (including phenoxy) is 2. The number of benzene rings is 1. The molecule has 27 heavy (non-hydrogen) atoms. The molecule has 0 radical (unpaired) electrons. The summed E-state index contributed by atoms with van der Waals surface area (Å²) in [7, 11) is -2.41. The second-order valence-electron chi connectivity index (χ2n) is 6.06. The van der Waals surface area contributed by atoms with Crippen molar-refractivity contribution in [3.05, 3.63) is 47.7 Å². The third-order valence-electron chi connectivity index (χ3n) is 4.17. The maximum atomic E-state index is 13.0. The zero-order chi connectivity index (χ0) is 19.4. The lowest BCUT2D eigenvalue weighted by atomic mass is 10.2. The lowest BCUT2D eigenvalue weighted by Crippen LogP contribution is -2.40. The Labute approximate surface area is 158 Å². The minimum atomic E-state index is -3.81. The van der Waals surface area contributed by atoms with Crippen LogP contribution in [0.4, 0.5) is 5.82 Å². The Morgan fingerprint density at radius 1 is 1.22 bits per heavy atom. The zero-order valence-corrected chi connectivity index (χ0v) is 16.0. The molecule has 1 fully saturated rings. The van der Waals surface area contributed by atoms with Crippen molar-refractivity contribution in [2.45, 2.75) is 11.8 Å². The smallest absolute Gasteiger partial charge is 0.256 e. The van der Waals surface area contributed by atoms with Crippen LogP contribution in [0.3, 0.4) is 0 Å². The molecule has 9 heteroatoms. The van der Waals surface area contributed by atoms with Gasteiger partial charge in [0.2, 0.25) is 10.0 Å². The lowest BCUT2D eigenvalue weighted by molar-refractivity contribution is 0.0729. The molecule has 144 valence electrons. The summed E-state index contributed by atoms with van der Waals surface area (Å²) >= 11 is 0. The summed E-state index contributed by atoms with van der Waals surface area (Å²) in [5, 5.41) is 2.66. The summed E-state index contributed by atoms with van der Waals surface area (Å²) in [4.78, 5) is 16.6. The number of carbonyl (C=O) groups excluding carboxylic acids is 1. The Hall–Kier alpha value is -2.49. The highest BCUT2D eigenvalue weighted by Crippen LogP contribution is 2.28. The highest BCUT2D eigenvalue weighted by molar-refractivity contribution is 7.89. The van der Waals surface area contributed by atoms with Gasteiger partial charge in [-0.05, 0) is 36.8 Å². The molecule has 2 aromatic rings. The fourth-order valence-electron chi connectivity index (χ4n) is 2.68. The van der Waals surface area contributed by atoms with E-state index in [9.17, 15) is 13.2 Å². The second-order valence-corrected chi connectivity index (χ2v) is 7.96. The molecule has 0 unspecified atom stereocenters. The SMILES string of the molecule is COc1ccc(C(=O)Nc2ccc(C)cn2)cc1S(=O)(=O)N1CCOCC1. The predicted octanol–water partition coefficient (Wildman–Crippen LogP) is 1.67. The van der Waals surface area contributed by atoms with Gasteiger partial charge in [0.05, 0.1) is 20.3 Å². The number of carbonyl (C=O) groups is 1. The van der Waals surface area contributed by atoms with E-state index in [1.165, 1.54) is 29.6 Å². The number of amides is 1. The molecule has 1 N–H and O–H groups in total. The predicted molar refractivity (Wildman–Crippen MR) is 99.5 cm³/mol. The van der Waals surface area contributed by atoms with E-state index in [4.69, 9.17) is 9.47 Å². The van der Waals surface area contributed by atoms with E-state index >= 15 is 0 Å². The van der Waals surface area contributed by atoms with Crippen molar-refractivity contribution >= 4 is 21.7 Å². The van der Waals surface area contributed by atoms with Crippen LogP contribution in [0.5, 0.6) is 5.75 Å². The van der Waals surface area contributed by atoms with E-state index in [1.807, 2.05) is 13.0 Å². The van der Waals surface area contributed by atoms with Crippen LogP contribution in [0.25, 0.3) is 0 Å². The van der Waals surface area contributed by atoms with Crippen molar-refractivity contribution in [2.75, 3.05) is 38.7 Å². The summed E-state index contributed by atoms with van der Waals surface area (Å²) in [5.74, 6) is 0.123. The van der Waals surface area contributed by atoms with Gasteiger partial charge in [0, 0.05) is 24.8 Å². The Bertz CT molecular complexity index is 923. The van der Waals surface area contributed by atoms with Crippen LogP contribution < -0.4 is 10.1 Å². The van der Waals surface area contributed by atoms with Gasteiger partial charge in [-0.25, -0.2) is 13.4 Å². The van der Waals surface area contributed by atoms with E-state index in [2.05, 4.69) is 10.3 Å². The molecule has 0 spiro atoms. The molecule has 1 aliphatic rings. The molecule has 0 aliphatic carbocycles. The molecule has 0 saturated carbocycles. The maximum absolute atomic E-state index is 13.0. The third-order valence-corrected chi connectivity index (χ3v) is 6.09. The van der Waals surface area contributed by atoms with Gasteiger partial charge in [0.1, 0.15) is 16.5 Å². The molecule has 1 saturated heterocycles. The Morgan fingerprint density at radius 3 is 2.59 bits per heavy atom. The van der Waals surface area contributed by atoms with E-state index in [0.717, 1.165) is 5.56 Å². The first-order valence-electron chi connectivity index (χ1n) is 8.42. The first-order valence-corrected chi connectivity index (χ1v) is 9.86. The van der Waals surface area contributed by atoms with E-state index in [-0.39, 0.29) is 29.3 Å². The number of pyridine rings is 1. The molecule has 1 amide bonds. The monoisotopic (exact) mass is 391 g/mol. The molecular weight excluding hydrogens is 370 g/mol. The van der Waals surface area contributed by atoms with Crippen molar-refractivity contribution in [3.63, 3.8) is 0 Å². The Kier molecular flexibility index (Phi) is 5.73. The summed E-state index contributed by atoms with van der Waals surface area (Å²) in [5.41, 5.74) is 1.17. The minimum absolute atomic E-state index is 0.0450. The van der Waals surface area contributed by atoms with Gasteiger partial charge in [-0.2, -0.15) is 4.31 Å². The molecule has 8 nitrogen and oxygen atoms in total. The van der Waals surface area contributed by atoms with Crippen LogP contribution in [0.2, 0.25) is 0 Å². The lowest BCUT2D eigenvalue weighted by Gasteiger charge is -2.26. The quantitative estimate of drug-likeness (QED) is 0.833. The number of aryl methyl sites for hydroxylation is 1. The standard InChI is InChI=1S/C18H21N3O5S/c1-13-3-6-17(19-12-13)20-18(22)14-4-5-15(25-2)16(11-14)27(23,24)21-7-9-26-10-8-21/h3-6,11-12H,7-10H2,1-2H3,(H,19,20,22). The zero-order valence-electron chi connectivity index (χ0n) is 15.1. The Balaban J connectivity index is 1.90. The van der Waals surface area contributed by atoms with Crippen molar-refractivity contribution in [3.8, 4) is 5.75 Å². The summed E-state index contributed by atoms with van der Waals surface area (Å²) in [6.45, 7) is 3.08. The van der Waals surface area contributed by atoms with Crippen molar-refractivity contribution in [2.24, 2.45) is 0 Å². The largest absolute Gasteiger partial charge is 0.495 e. The molecular formula is C18H21N3O5S. The van der Waals surface area contributed by atoms with Gasteiger partial charge in [0.15, 0.2) is 0 Å². The third kappa shape index (κ3) is 4.26. The number of nitrogens with zero attached hydrogens (tertiary/aromatic N) is 2. The highest BCUT2D eigenvalue weighted by Gasteiger charge is 2.30. The van der Waals surface area contributed by atoms with Crippen LogP contribution in [0.1, 0.15) is 15.9 Å². The normalized spacial score (nSPS) is 15.3. The molecule has 1 aromatic heterocycles. The summed E-state index contributed by atoms with van der Waals surface area (Å²) < 4.78 is 37.7. The van der Waals surface area contributed by atoms with Crippen LogP contribution in [-0.2, 0) is 14.8 Å². The van der Waals surface area contributed by atoms with Crippen LogP contribution in [0.15, 0.2) is 41.4 Å². The van der Waals surface area contributed by atoms with Gasteiger partial charge >= 0.3 is 0 Å². The number of sulfonamides is 1. The second kappa shape index (κ2) is 8.03. The fourth-order valence-corrected chi connectivity index (χ4v) is 4.27. The molecule has 0 bridgehead atoms. The van der Waals surface area contributed by atoms with Gasteiger partial charge in [-0.15, -0.1) is 0 Å². The number of anilines is 1. The first kappa shape index (κ1) is 19.3. The van der Waals surface area contributed by atoms with Gasteiger partial charge in [0.25, 0.3) is 5.91 Å². The number of rotatable bonds is 5. The van der Waals surface area contributed by atoms with Crippen molar-refractivity contribution in [1.82, 2.24) is 9.29 Å².